The van der Waals surface area contributed by atoms with Gasteiger partial charge in [0.05, 0.1) is 6.61 Å². The van der Waals surface area contributed by atoms with E-state index < -0.39 is 21.1 Å². The SMILES string of the molecule is NCCOP(=O)(O)CP(=O)(O)O. The Kier molecular flexibility index (Phi) is 4.58. The molecule has 0 aliphatic heterocycles. The van der Waals surface area contributed by atoms with Crippen molar-refractivity contribution in [2.75, 3.05) is 19.1 Å². The van der Waals surface area contributed by atoms with Gasteiger partial charge in [0.15, 0.2) is 5.90 Å². The maximum absolute atomic E-state index is 10.8. The molecule has 0 aromatic heterocycles. The van der Waals surface area contributed by atoms with Crippen LogP contribution in [0.3, 0.4) is 0 Å². The first kappa shape index (κ1) is 12.3. The molecule has 0 aliphatic rings. The van der Waals surface area contributed by atoms with Crippen molar-refractivity contribution < 1.29 is 28.3 Å². The van der Waals surface area contributed by atoms with Crippen molar-refractivity contribution in [3.63, 3.8) is 0 Å². The van der Waals surface area contributed by atoms with E-state index in [1.807, 2.05) is 0 Å². The Labute approximate surface area is 69.2 Å². The number of hydrogen-bond acceptors (Lipinski definition) is 4. The molecule has 1 atom stereocenters. The average Bonchev–Trinajstić information content (AvgIpc) is 1.78. The molecule has 0 fully saturated rings. The molecule has 0 amide bonds. The highest BCUT2D eigenvalue weighted by Crippen LogP contribution is 2.55. The molecule has 0 aliphatic carbocycles. The fraction of sp³-hybridized carbons (Fsp3) is 1.00. The van der Waals surface area contributed by atoms with E-state index in [1.165, 1.54) is 0 Å². The van der Waals surface area contributed by atoms with Gasteiger partial charge in [-0.2, -0.15) is 0 Å². The third-order valence-corrected chi connectivity index (χ3v) is 4.26. The predicted molar refractivity (Wildman–Crippen MR) is 41.7 cm³/mol. The van der Waals surface area contributed by atoms with Gasteiger partial charge in [0.1, 0.15) is 0 Å². The van der Waals surface area contributed by atoms with Crippen LogP contribution < -0.4 is 5.73 Å². The van der Waals surface area contributed by atoms with Crippen molar-refractivity contribution in [2.45, 2.75) is 0 Å². The van der Waals surface area contributed by atoms with Crippen LogP contribution in [0.25, 0.3) is 0 Å². The first-order valence-corrected chi connectivity index (χ1v) is 6.54. The molecule has 0 bridgehead atoms. The van der Waals surface area contributed by atoms with Crippen LogP contribution in [-0.4, -0.2) is 33.7 Å². The first-order chi connectivity index (χ1) is 5.27. The third kappa shape index (κ3) is 6.94. The second-order valence-electron chi connectivity index (χ2n) is 2.07. The molecule has 5 N–H and O–H groups in total. The van der Waals surface area contributed by atoms with E-state index in [-0.39, 0.29) is 13.2 Å². The Balaban J connectivity index is 4.05. The number of hydrogen-bond donors (Lipinski definition) is 4. The van der Waals surface area contributed by atoms with E-state index in [4.69, 9.17) is 20.4 Å². The zero-order valence-corrected chi connectivity index (χ0v) is 7.95. The van der Waals surface area contributed by atoms with Gasteiger partial charge in [-0.05, 0) is 0 Å². The maximum Gasteiger partial charge on any atom is 0.340 e. The van der Waals surface area contributed by atoms with Crippen LogP contribution in [0.5, 0.6) is 0 Å². The molecule has 0 heterocycles. The van der Waals surface area contributed by atoms with Gasteiger partial charge < -0.3 is 24.9 Å². The number of nitrogens with two attached hydrogens (primary N) is 1. The first-order valence-electron chi connectivity index (χ1n) is 2.98. The maximum atomic E-state index is 10.8. The second-order valence-corrected chi connectivity index (χ2v) is 6.06. The van der Waals surface area contributed by atoms with E-state index >= 15 is 0 Å². The van der Waals surface area contributed by atoms with Crippen LogP contribution in [0.15, 0.2) is 0 Å². The van der Waals surface area contributed by atoms with Crippen molar-refractivity contribution >= 4 is 15.2 Å². The highest BCUT2D eigenvalue weighted by atomic mass is 31.2. The van der Waals surface area contributed by atoms with Crippen molar-refractivity contribution in [1.29, 1.82) is 0 Å². The fourth-order valence-corrected chi connectivity index (χ4v) is 3.05. The van der Waals surface area contributed by atoms with E-state index in [2.05, 4.69) is 4.52 Å². The van der Waals surface area contributed by atoms with E-state index in [9.17, 15) is 9.13 Å². The van der Waals surface area contributed by atoms with Gasteiger partial charge in [-0.25, -0.2) is 0 Å². The molecule has 74 valence electrons. The quantitative estimate of drug-likeness (QED) is 0.449. The van der Waals surface area contributed by atoms with Gasteiger partial charge in [-0.15, -0.1) is 0 Å². The van der Waals surface area contributed by atoms with Crippen LogP contribution in [-0.2, 0) is 13.7 Å². The molecule has 0 rings (SSSR count). The molecule has 0 aromatic carbocycles. The largest absolute Gasteiger partial charge is 0.340 e. The molecule has 1 unspecified atom stereocenters. The minimum atomic E-state index is -4.51. The smallest absolute Gasteiger partial charge is 0.328 e. The lowest BCUT2D eigenvalue weighted by molar-refractivity contribution is 0.267. The lowest BCUT2D eigenvalue weighted by Crippen LogP contribution is -2.08. The van der Waals surface area contributed by atoms with Gasteiger partial charge >= 0.3 is 15.2 Å². The predicted octanol–water partition coefficient (Wildman–Crippen LogP) is -0.718. The minimum Gasteiger partial charge on any atom is -0.328 e. The number of rotatable bonds is 5. The van der Waals surface area contributed by atoms with Crippen molar-refractivity contribution in [1.82, 2.24) is 0 Å². The molecule has 0 aromatic rings. The molecule has 0 spiro atoms. The third-order valence-electron chi connectivity index (χ3n) is 0.774. The summed E-state index contributed by atoms with van der Waals surface area (Å²) in [5.41, 5.74) is 4.95. The summed E-state index contributed by atoms with van der Waals surface area (Å²) in [6.07, 6.45) is 0. The Morgan fingerprint density at radius 3 is 2.08 bits per heavy atom. The summed E-state index contributed by atoms with van der Waals surface area (Å²) in [5.74, 6) is -1.17. The summed E-state index contributed by atoms with van der Waals surface area (Å²) in [7, 11) is -8.68. The Morgan fingerprint density at radius 2 is 1.75 bits per heavy atom. The molecular weight excluding hydrogens is 208 g/mol. The molecule has 0 saturated heterocycles. The van der Waals surface area contributed by atoms with Crippen LogP contribution in [0.4, 0.5) is 0 Å². The van der Waals surface area contributed by atoms with Crippen molar-refractivity contribution in [2.24, 2.45) is 5.73 Å². The lowest BCUT2D eigenvalue weighted by atomic mass is 10.8. The fourth-order valence-electron chi connectivity index (χ4n) is 0.469. The minimum absolute atomic E-state index is 0.0196. The molecule has 0 saturated carbocycles. The van der Waals surface area contributed by atoms with Gasteiger partial charge in [-0.3, -0.25) is 9.13 Å². The topological polar surface area (TPSA) is 130 Å². The van der Waals surface area contributed by atoms with Gasteiger partial charge in [-0.1, -0.05) is 0 Å². The zero-order valence-electron chi connectivity index (χ0n) is 6.16. The van der Waals surface area contributed by atoms with E-state index in [0.717, 1.165) is 0 Å². The summed E-state index contributed by atoms with van der Waals surface area (Å²) >= 11 is 0. The Bertz CT molecular complexity index is 223. The van der Waals surface area contributed by atoms with Gasteiger partial charge in [0.2, 0.25) is 0 Å². The Morgan fingerprint density at radius 1 is 1.25 bits per heavy atom. The highest BCUT2D eigenvalue weighted by molar-refractivity contribution is 7.70. The van der Waals surface area contributed by atoms with E-state index in [1.54, 1.807) is 0 Å². The monoisotopic (exact) mass is 219 g/mol. The van der Waals surface area contributed by atoms with Crippen molar-refractivity contribution in [3.8, 4) is 0 Å². The summed E-state index contributed by atoms with van der Waals surface area (Å²) in [6.45, 7) is -0.181. The van der Waals surface area contributed by atoms with Gasteiger partial charge in [0, 0.05) is 6.54 Å². The average molecular weight is 219 g/mol. The van der Waals surface area contributed by atoms with Crippen LogP contribution in [0.1, 0.15) is 0 Å². The summed E-state index contributed by atoms with van der Waals surface area (Å²) in [6, 6.07) is 0. The molecule has 12 heavy (non-hydrogen) atoms. The normalized spacial score (nSPS) is 17.3. The standard InChI is InChI=1S/C3H11NO6P2/c4-1-2-10-12(8,9)3-11(5,6)7/h1-4H2,(H,8,9)(H2,5,6,7). The molecular formula is C3H11NO6P2. The summed E-state index contributed by atoms with van der Waals surface area (Å²) in [4.78, 5) is 25.4. The molecule has 0 radical (unpaired) electrons. The molecule has 7 nitrogen and oxygen atoms in total. The van der Waals surface area contributed by atoms with E-state index in [0.29, 0.717) is 0 Å². The highest BCUT2D eigenvalue weighted by Gasteiger charge is 2.30. The summed E-state index contributed by atoms with van der Waals surface area (Å²) in [5, 5.41) is 0. The summed E-state index contributed by atoms with van der Waals surface area (Å²) < 4.78 is 25.3. The molecule has 9 heteroatoms. The van der Waals surface area contributed by atoms with Crippen LogP contribution in [0.2, 0.25) is 0 Å². The lowest BCUT2D eigenvalue weighted by Gasteiger charge is -2.11. The van der Waals surface area contributed by atoms with Gasteiger partial charge in [0.25, 0.3) is 0 Å². The van der Waals surface area contributed by atoms with Crippen LogP contribution >= 0.6 is 15.2 Å². The van der Waals surface area contributed by atoms with Crippen LogP contribution in [0, 0.1) is 0 Å². The Hall–Kier alpha value is 0.260. The second kappa shape index (κ2) is 4.48. The zero-order chi connectivity index (χ0) is 9.83. The van der Waals surface area contributed by atoms with Crippen molar-refractivity contribution in [3.05, 3.63) is 0 Å².